The van der Waals surface area contributed by atoms with E-state index in [1.54, 1.807) is 31.4 Å². The molecule has 5 rings (SSSR count). The van der Waals surface area contributed by atoms with Gasteiger partial charge in [-0.1, -0.05) is 43.6 Å². The molecule has 3 aliphatic carbocycles. The van der Waals surface area contributed by atoms with Gasteiger partial charge in [-0.05, 0) is 62.6 Å². The third kappa shape index (κ3) is 5.30. The summed E-state index contributed by atoms with van der Waals surface area (Å²) in [7, 11) is 1.60. The first kappa shape index (κ1) is 24.1. The van der Waals surface area contributed by atoms with Crippen LogP contribution in [0.15, 0.2) is 77.0 Å². The molecule has 1 aliphatic heterocycles. The Bertz CT molecular complexity index is 1170. The number of hydrogen-bond donors (Lipinski definition) is 3. The first-order valence-corrected chi connectivity index (χ1v) is 12.8. The molecule has 36 heavy (non-hydrogen) atoms. The quantitative estimate of drug-likeness (QED) is 0.568. The summed E-state index contributed by atoms with van der Waals surface area (Å²) < 4.78 is 5.16. The molecular weight excluding hydrogens is 452 g/mol. The summed E-state index contributed by atoms with van der Waals surface area (Å²) in [4.78, 5) is 30.2. The normalized spacial score (nSPS) is 27.2. The van der Waals surface area contributed by atoms with E-state index >= 15 is 0 Å². The predicted molar refractivity (Wildman–Crippen MR) is 141 cm³/mol. The van der Waals surface area contributed by atoms with Gasteiger partial charge in [-0.2, -0.15) is 0 Å². The van der Waals surface area contributed by atoms with Crippen LogP contribution in [0.4, 0.5) is 0 Å². The molecule has 0 saturated heterocycles. The number of carbonyl (C=O) groups excluding carboxylic acids is 2. The highest BCUT2D eigenvalue weighted by Gasteiger charge is 2.32. The first-order chi connectivity index (χ1) is 17.4. The van der Waals surface area contributed by atoms with Crippen molar-refractivity contribution in [3.63, 3.8) is 0 Å². The van der Waals surface area contributed by atoms with Crippen molar-refractivity contribution < 1.29 is 14.3 Å². The van der Waals surface area contributed by atoms with E-state index in [-0.39, 0.29) is 35.4 Å². The molecule has 188 valence electrons. The summed E-state index contributed by atoms with van der Waals surface area (Å²) >= 11 is 0. The van der Waals surface area contributed by atoms with E-state index in [1.807, 2.05) is 24.3 Å². The van der Waals surface area contributed by atoms with Gasteiger partial charge in [-0.25, -0.2) is 0 Å². The van der Waals surface area contributed by atoms with Gasteiger partial charge in [0.1, 0.15) is 11.6 Å². The van der Waals surface area contributed by atoms with Crippen LogP contribution in [-0.4, -0.2) is 42.4 Å². The van der Waals surface area contributed by atoms with Crippen LogP contribution >= 0.6 is 0 Å². The molecule has 1 saturated carbocycles. The molecule has 7 heteroatoms. The monoisotopic (exact) mass is 486 g/mol. The second kappa shape index (κ2) is 10.2. The number of amidine groups is 1. The summed E-state index contributed by atoms with van der Waals surface area (Å²) in [5.41, 5.74) is 1.97. The van der Waals surface area contributed by atoms with E-state index < -0.39 is 0 Å². The summed E-state index contributed by atoms with van der Waals surface area (Å²) in [5, 5.41) is 9.73. The minimum atomic E-state index is -0.372. The molecule has 0 aromatic heterocycles. The molecule has 1 aromatic carbocycles. The standard InChI is InChI=1S/C29H34N4O3/c1-29(33-28(35)20-6-4-3-5-7-20)16-14-19(15-17-29)26-31-24-13-10-22(18-25(24)32-26)30-27(34)21-8-11-23(36-2)12-9-21/h8-16,18,20,24-25H,3-7,17H2,1-2H3,(H,30,34)(H,31,32)(H,33,35). The van der Waals surface area contributed by atoms with Crippen molar-refractivity contribution in [3.05, 3.63) is 77.6 Å². The van der Waals surface area contributed by atoms with Crippen LogP contribution < -0.4 is 20.7 Å². The van der Waals surface area contributed by atoms with E-state index in [1.165, 1.54) is 6.42 Å². The molecule has 1 aromatic rings. The molecular formula is C29H34N4O3. The van der Waals surface area contributed by atoms with Gasteiger partial charge >= 0.3 is 0 Å². The van der Waals surface area contributed by atoms with Crippen LogP contribution in [0.25, 0.3) is 0 Å². The van der Waals surface area contributed by atoms with Crippen LogP contribution in [0.3, 0.4) is 0 Å². The molecule has 0 bridgehead atoms. The summed E-state index contributed by atoms with van der Waals surface area (Å²) in [6, 6.07) is 6.98. The van der Waals surface area contributed by atoms with E-state index in [4.69, 9.17) is 9.73 Å². The molecule has 3 unspecified atom stereocenters. The minimum Gasteiger partial charge on any atom is -0.497 e. The highest BCUT2D eigenvalue weighted by Crippen LogP contribution is 2.28. The molecule has 3 atom stereocenters. The number of allylic oxidation sites excluding steroid dienone is 1. The van der Waals surface area contributed by atoms with Crippen molar-refractivity contribution in [3.8, 4) is 5.75 Å². The first-order valence-electron chi connectivity index (χ1n) is 12.8. The SMILES string of the molecule is COc1ccc(C(=O)NC2=CC3NC(C4=CCC(C)(NC(=O)C5CCCCC5)C=C4)=NC3C=C2)cc1. The number of nitrogens with one attached hydrogen (secondary N) is 3. The smallest absolute Gasteiger partial charge is 0.255 e. The summed E-state index contributed by atoms with van der Waals surface area (Å²) in [6.45, 7) is 2.07. The van der Waals surface area contributed by atoms with Gasteiger partial charge in [0.05, 0.1) is 24.7 Å². The number of carbonyl (C=O) groups is 2. The Kier molecular flexibility index (Phi) is 6.81. The summed E-state index contributed by atoms with van der Waals surface area (Å²) in [6.07, 6.45) is 18.5. The van der Waals surface area contributed by atoms with Crippen molar-refractivity contribution in [1.82, 2.24) is 16.0 Å². The molecule has 7 nitrogen and oxygen atoms in total. The van der Waals surface area contributed by atoms with Gasteiger partial charge in [0.25, 0.3) is 5.91 Å². The van der Waals surface area contributed by atoms with Crippen LogP contribution in [0, 0.1) is 5.92 Å². The lowest BCUT2D eigenvalue weighted by atomic mass is 9.86. The Labute approximate surface area is 212 Å². The second-order valence-electron chi connectivity index (χ2n) is 10.2. The molecule has 1 heterocycles. The minimum absolute atomic E-state index is 0.0183. The predicted octanol–water partition coefficient (Wildman–Crippen LogP) is 3.96. The van der Waals surface area contributed by atoms with Crippen LogP contribution in [0.2, 0.25) is 0 Å². The number of amides is 2. The zero-order chi connectivity index (χ0) is 25.1. The maximum absolute atomic E-state index is 12.8. The Hall–Kier alpha value is -3.61. The number of nitrogens with zero attached hydrogens (tertiary/aromatic N) is 1. The van der Waals surface area contributed by atoms with Crippen LogP contribution in [-0.2, 0) is 4.79 Å². The Morgan fingerprint density at radius 1 is 1.11 bits per heavy atom. The van der Waals surface area contributed by atoms with Gasteiger partial charge in [0, 0.05) is 22.8 Å². The molecule has 4 aliphatic rings. The van der Waals surface area contributed by atoms with E-state index in [9.17, 15) is 9.59 Å². The second-order valence-corrected chi connectivity index (χ2v) is 10.2. The largest absolute Gasteiger partial charge is 0.497 e. The fraction of sp³-hybridized carbons (Fsp3) is 0.414. The maximum atomic E-state index is 12.8. The van der Waals surface area contributed by atoms with Crippen molar-refractivity contribution in [2.75, 3.05) is 7.11 Å². The lowest BCUT2D eigenvalue weighted by Crippen LogP contribution is -2.48. The van der Waals surface area contributed by atoms with Gasteiger partial charge in [0.2, 0.25) is 5.91 Å². The van der Waals surface area contributed by atoms with Crippen molar-refractivity contribution in [2.45, 2.75) is 63.1 Å². The molecule has 0 spiro atoms. The highest BCUT2D eigenvalue weighted by atomic mass is 16.5. The van der Waals surface area contributed by atoms with Crippen molar-refractivity contribution >= 4 is 17.6 Å². The summed E-state index contributed by atoms with van der Waals surface area (Å²) in [5.74, 6) is 1.71. The Morgan fingerprint density at radius 2 is 1.89 bits per heavy atom. The zero-order valence-electron chi connectivity index (χ0n) is 20.9. The molecule has 3 N–H and O–H groups in total. The fourth-order valence-electron chi connectivity index (χ4n) is 5.20. The van der Waals surface area contributed by atoms with E-state index in [2.05, 4.69) is 35.0 Å². The fourth-order valence-corrected chi connectivity index (χ4v) is 5.20. The van der Waals surface area contributed by atoms with Crippen molar-refractivity contribution in [2.24, 2.45) is 10.9 Å². The van der Waals surface area contributed by atoms with Crippen LogP contribution in [0.1, 0.15) is 55.8 Å². The number of benzene rings is 1. The van der Waals surface area contributed by atoms with E-state index in [0.717, 1.165) is 49.2 Å². The third-order valence-electron chi connectivity index (χ3n) is 7.43. The van der Waals surface area contributed by atoms with Gasteiger partial charge in [0.15, 0.2) is 0 Å². The Balaban J connectivity index is 1.17. The molecule has 2 amide bonds. The average molecular weight is 487 g/mol. The number of aliphatic imine (C=N–C) groups is 1. The average Bonchev–Trinajstić information content (AvgIpc) is 3.33. The molecule has 1 fully saturated rings. The number of ether oxygens (including phenoxy) is 1. The number of hydrogen-bond acceptors (Lipinski definition) is 5. The Morgan fingerprint density at radius 3 is 2.58 bits per heavy atom. The van der Waals surface area contributed by atoms with Gasteiger partial charge in [-0.15, -0.1) is 0 Å². The lowest BCUT2D eigenvalue weighted by Gasteiger charge is -2.32. The number of methoxy groups -OCH3 is 1. The zero-order valence-corrected chi connectivity index (χ0v) is 20.9. The van der Waals surface area contributed by atoms with Crippen LogP contribution in [0.5, 0.6) is 5.75 Å². The third-order valence-corrected chi connectivity index (χ3v) is 7.43. The van der Waals surface area contributed by atoms with Gasteiger partial charge < -0.3 is 20.7 Å². The van der Waals surface area contributed by atoms with E-state index in [0.29, 0.717) is 11.3 Å². The topological polar surface area (TPSA) is 91.8 Å². The van der Waals surface area contributed by atoms with Gasteiger partial charge in [-0.3, -0.25) is 14.6 Å². The lowest BCUT2D eigenvalue weighted by molar-refractivity contribution is -0.127. The number of rotatable bonds is 6. The molecule has 0 radical (unpaired) electrons. The highest BCUT2D eigenvalue weighted by molar-refractivity contribution is 6.03. The maximum Gasteiger partial charge on any atom is 0.255 e. The number of fused-ring (bicyclic) bond motifs is 1. The van der Waals surface area contributed by atoms with Crippen molar-refractivity contribution in [1.29, 1.82) is 0 Å².